The number of fused-ring (bicyclic) bond motifs is 2. The van der Waals surface area contributed by atoms with Gasteiger partial charge in [0.1, 0.15) is 5.75 Å². The van der Waals surface area contributed by atoms with Gasteiger partial charge in [-0.25, -0.2) is 4.98 Å². The summed E-state index contributed by atoms with van der Waals surface area (Å²) in [5.41, 5.74) is 7.28. The zero-order valence-corrected chi connectivity index (χ0v) is 15.8. The zero-order valence-electron chi connectivity index (χ0n) is 15.0. The maximum absolute atomic E-state index is 5.41. The molecular weight excluding hydrogens is 328 g/mol. The van der Waals surface area contributed by atoms with E-state index in [0.717, 1.165) is 30.7 Å². The van der Waals surface area contributed by atoms with E-state index in [2.05, 4.69) is 60.1 Å². The van der Waals surface area contributed by atoms with Gasteiger partial charge in [-0.05, 0) is 67.6 Å². The minimum atomic E-state index is 0.386. The molecule has 1 aliphatic rings. The Balaban J connectivity index is 1.60. The highest BCUT2D eigenvalue weighted by atomic mass is 32.1. The van der Waals surface area contributed by atoms with Gasteiger partial charge < -0.3 is 4.74 Å². The molecule has 1 aliphatic heterocycles. The third-order valence-corrected chi connectivity index (χ3v) is 6.28. The van der Waals surface area contributed by atoms with Crippen LogP contribution < -0.4 is 4.74 Å². The van der Waals surface area contributed by atoms with E-state index in [1.165, 1.54) is 21.4 Å². The molecule has 0 aliphatic carbocycles. The zero-order chi connectivity index (χ0) is 17.4. The second kappa shape index (κ2) is 6.77. The monoisotopic (exact) mass is 352 g/mol. The molecule has 0 saturated heterocycles. The van der Waals surface area contributed by atoms with E-state index in [0.29, 0.717) is 12.1 Å². The fourth-order valence-electron chi connectivity index (χ4n) is 3.97. The van der Waals surface area contributed by atoms with Crippen molar-refractivity contribution in [1.29, 1.82) is 0 Å². The molecule has 0 amide bonds. The summed E-state index contributed by atoms with van der Waals surface area (Å²) in [6, 6.07) is 14.1. The van der Waals surface area contributed by atoms with Crippen molar-refractivity contribution in [2.45, 2.75) is 38.8 Å². The van der Waals surface area contributed by atoms with Gasteiger partial charge in [-0.2, -0.15) is 0 Å². The minimum absolute atomic E-state index is 0.386. The Morgan fingerprint density at radius 1 is 1.20 bits per heavy atom. The standard InChI is InChI=1S/C21H24N2OS/c1-14-10-18-11-19(24-3)6-4-16(18)8-9-23(14)15(2)17-5-7-21-20(12-17)22-13-25-21/h4-7,11-15H,8-10H2,1-3H3/t14-,15-/m1/s1. The molecule has 0 saturated carbocycles. The third-order valence-electron chi connectivity index (χ3n) is 5.47. The number of aromatic nitrogens is 1. The Bertz CT molecular complexity index is 888. The van der Waals surface area contributed by atoms with Crippen molar-refractivity contribution in [2.75, 3.05) is 13.7 Å². The largest absolute Gasteiger partial charge is 0.497 e. The van der Waals surface area contributed by atoms with Crippen LogP contribution in [0.2, 0.25) is 0 Å². The Morgan fingerprint density at radius 2 is 2.08 bits per heavy atom. The number of methoxy groups -OCH3 is 1. The van der Waals surface area contributed by atoms with E-state index in [9.17, 15) is 0 Å². The van der Waals surface area contributed by atoms with Crippen LogP contribution in [0.1, 0.15) is 36.6 Å². The van der Waals surface area contributed by atoms with Crippen molar-refractivity contribution in [3.05, 3.63) is 58.6 Å². The summed E-state index contributed by atoms with van der Waals surface area (Å²) in [5.74, 6) is 0.960. The van der Waals surface area contributed by atoms with Crippen molar-refractivity contribution < 1.29 is 4.74 Å². The van der Waals surface area contributed by atoms with Crippen molar-refractivity contribution in [3.63, 3.8) is 0 Å². The maximum Gasteiger partial charge on any atom is 0.119 e. The number of hydrogen-bond acceptors (Lipinski definition) is 4. The lowest BCUT2D eigenvalue weighted by Gasteiger charge is -2.33. The molecule has 0 unspecified atom stereocenters. The highest BCUT2D eigenvalue weighted by Crippen LogP contribution is 2.31. The van der Waals surface area contributed by atoms with Gasteiger partial charge in [0, 0.05) is 18.6 Å². The molecule has 25 heavy (non-hydrogen) atoms. The van der Waals surface area contributed by atoms with Gasteiger partial charge in [-0.3, -0.25) is 4.90 Å². The van der Waals surface area contributed by atoms with E-state index in [1.807, 2.05) is 5.51 Å². The molecule has 4 heteroatoms. The van der Waals surface area contributed by atoms with Crippen LogP contribution in [0.5, 0.6) is 5.75 Å². The number of ether oxygens (including phenoxy) is 1. The van der Waals surface area contributed by atoms with Crippen LogP contribution in [-0.2, 0) is 12.8 Å². The van der Waals surface area contributed by atoms with Crippen molar-refractivity contribution in [2.24, 2.45) is 0 Å². The summed E-state index contributed by atoms with van der Waals surface area (Å²) in [5, 5.41) is 0. The molecular formula is C21H24N2OS. The van der Waals surface area contributed by atoms with E-state index in [4.69, 9.17) is 4.74 Å². The molecule has 130 valence electrons. The molecule has 3 nitrogen and oxygen atoms in total. The van der Waals surface area contributed by atoms with Crippen molar-refractivity contribution >= 4 is 21.6 Å². The minimum Gasteiger partial charge on any atom is -0.497 e. The van der Waals surface area contributed by atoms with Crippen molar-refractivity contribution in [1.82, 2.24) is 9.88 Å². The van der Waals surface area contributed by atoms with E-state index >= 15 is 0 Å². The topological polar surface area (TPSA) is 25.4 Å². The van der Waals surface area contributed by atoms with Crippen LogP contribution >= 0.6 is 11.3 Å². The Hall–Kier alpha value is -1.91. The summed E-state index contributed by atoms with van der Waals surface area (Å²) < 4.78 is 6.68. The molecule has 2 heterocycles. The molecule has 0 fully saturated rings. The lowest BCUT2D eigenvalue weighted by atomic mass is 10.00. The molecule has 1 aromatic heterocycles. The normalized spacial score (nSPS) is 19.4. The first-order chi connectivity index (χ1) is 12.2. The number of rotatable bonds is 3. The summed E-state index contributed by atoms with van der Waals surface area (Å²) >= 11 is 1.71. The first kappa shape index (κ1) is 16.6. The lowest BCUT2D eigenvalue weighted by Crippen LogP contribution is -2.36. The molecule has 0 radical (unpaired) electrons. The second-order valence-electron chi connectivity index (χ2n) is 6.93. The number of nitrogens with zero attached hydrogens (tertiary/aromatic N) is 2. The molecule has 2 atom stereocenters. The van der Waals surface area contributed by atoms with Gasteiger partial charge in [0.05, 0.1) is 22.8 Å². The van der Waals surface area contributed by atoms with E-state index in [-0.39, 0.29) is 0 Å². The first-order valence-corrected chi connectivity index (χ1v) is 9.78. The summed E-state index contributed by atoms with van der Waals surface area (Å²) in [4.78, 5) is 7.11. The van der Waals surface area contributed by atoms with Crippen LogP contribution in [0.3, 0.4) is 0 Å². The molecule has 0 spiro atoms. The van der Waals surface area contributed by atoms with E-state index < -0.39 is 0 Å². The van der Waals surface area contributed by atoms with Crippen LogP contribution in [-0.4, -0.2) is 29.6 Å². The lowest BCUT2D eigenvalue weighted by molar-refractivity contribution is 0.160. The average Bonchev–Trinajstić information content (AvgIpc) is 3.03. The fraction of sp³-hybridized carbons (Fsp3) is 0.381. The van der Waals surface area contributed by atoms with Crippen LogP contribution in [0.15, 0.2) is 41.9 Å². The first-order valence-electron chi connectivity index (χ1n) is 8.90. The number of benzene rings is 2. The Labute approximate surface area is 153 Å². The highest BCUT2D eigenvalue weighted by Gasteiger charge is 2.25. The van der Waals surface area contributed by atoms with Crippen LogP contribution in [0.25, 0.3) is 10.2 Å². The Morgan fingerprint density at radius 3 is 2.92 bits per heavy atom. The molecule has 0 N–H and O–H groups in total. The van der Waals surface area contributed by atoms with Crippen LogP contribution in [0.4, 0.5) is 0 Å². The van der Waals surface area contributed by atoms with Gasteiger partial charge in [-0.1, -0.05) is 12.1 Å². The average molecular weight is 353 g/mol. The van der Waals surface area contributed by atoms with Gasteiger partial charge in [0.15, 0.2) is 0 Å². The summed E-state index contributed by atoms with van der Waals surface area (Å²) in [6.45, 7) is 5.74. The highest BCUT2D eigenvalue weighted by molar-refractivity contribution is 7.16. The molecule has 4 rings (SSSR count). The van der Waals surface area contributed by atoms with Gasteiger partial charge in [0.2, 0.25) is 0 Å². The third kappa shape index (κ3) is 3.16. The fourth-order valence-corrected chi connectivity index (χ4v) is 4.63. The van der Waals surface area contributed by atoms with Crippen molar-refractivity contribution in [3.8, 4) is 5.75 Å². The number of hydrogen-bond donors (Lipinski definition) is 0. The van der Waals surface area contributed by atoms with E-state index in [1.54, 1.807) is 18.4 Å². The summed E-state index contributed by atoms with van der Waals surface area (Å²) in [6.07, 6.45) is 2.16. The Kier molecular flexibility index (Phi) is 4.48. The maximum atomic E-state index is 5.41. The van der Waals surface area contributed by atoms with Gasteiger partial charge >= 0.3 is 0 Å². The second-order valence-corrected chi connectivity index (χ2v) is 7.82. The van der Waals surface area contributed by atoms with Gasteiger partial charge in [-0.15, -0.1) is 11.3 Å². The predicted octanol–water partition coefficient (Wildman–Crippen LogP) is 4.86. The predicted molar refractivity (Wildman–Crippen MR) is 105 cm³/mol. The smallest absolute Gasteiger partial charge is 0.119 e. The molecule has 2 aromatic carbocycles. The number of thiazole rings is 1. The molecule has 3 aromatic rings. The van der Waals surface area contributed by atoms with Crippen LogP contribution in [0, 0.1) is 0 Å². The quantitative estimate of drug-likeness (QED) is 0.673. The summed E-state index contributed by atoms with van der Waals surface area (Å²) in [7, 11) is 1.74. The SMILES string of the molecule is COc1ccc2c(c1)C[C@@H](C)N([C@H](C)c1ccc3scnc3c1)CC2. The molecule has 0 bridgehead atoms. The van der Waals surface area contributed by atoms with Gasteiger partial charge in [0.25, 0.3) is 0 Å².